The van der Waals surface area contributed by atoms with E-state index in [-0.39, 0.29) is 0 Å². The summed E-state index contributed by atoms with van der Waals surface area (Å²) in [5, 5.41) is 15.3. The van der Waals surface area contributed by atoms with Crippen LogP contribution in [0.3, 0.4) is 0 Å². The lowest BCUT2D eigenvalue weighted by Gasteiger charge is -2.26. The van der Waals surface area contributed by atoms with Gasteiger partial charge in [0.05, 0.1) is 5.54 Å². The number of unbranched alkanes of at least 4 members (excludes halogenated alkanes) is 4. The van der Waals surface area contributed by atoms with Crippen LogP contribution in [0.2, 0.25) is 0 Å². The van der Waals surface area contributed by atoms with Crippen LogP contribution in [-0.2, 0) is 0 Å². The minimum absolute atomic E-state index is 0.404. The number of carboxylic acid groups (broad SMARTS) is 2. The van der Waals surface area contributed by atoms with Gasteiger partial charge in [-0.1, -0.05) is 46.5 Å². The standard InChI is InChI=1S/C14H31N.CH2O3/c1-4-7-10-13-14(15,11-8-5-2)12-9-6-3;2-1(3)4/h4-13,15H2,1-3H3;(H2,2,3,4). The molecule has 0 amide bonds. The van der Waals surface area contributed by atoms with Crippen LogP contribution in [0.25, 0.3) is 0 Å². The van der Waals surface area contributed by atoms with Gasteiger partial charge in [-0.15, -0.1) is 0 Å². The Bertz CT molecular complexity index is 196. The van der Waals surface area contributed by atoms with Crippen LogP contribution in [0.1, 0.15) is 85.0 Å². The number of rotatable bonds is 10. The fraction of sp³-hybridized carbons (Fsp3) is 0.933. The second kappa shape index (κ2) is 13.7. The third-order valence-corrected chi connectivity index (χ3v) is 3.43. The van der Waals surface area contributed by atoms with E-state index < -0.39 is 6.16 Å². The normalized spacial score (nSPS) is 10.7. The molecule has 0 radical (unpaired) electrons. The van der Waals surface area contributed by atoms with Crippen LogP contribution in [0.5, 0.6) is 0 Å². The lowest BCUT2D eigenvalue weighted by molar-refractivity contribution is -0.484. The van der Waals surface area contributed by atoms with Crippen molar-refractivity contribution in [2.45, 2.75) is 90.5 Å². The fourth-order valence-corrected chi connectivity index (χ4v) is 2.23. The van der Waals surface area contributed by atoms with Crippen LogP contribution in [0.15, 0.2) is 0 Å². The second-order valence-electron chi connectivity index (χ2n) is 5.43. The van der Waals surface area contributed by atoms with E-state index in [0.29, 0.717) is 5.54 Å². The molecule has 0 aliphatic rings. The van der Waals surface area contributed by atoms with Gasteiger partial charge < -0.3 is 20.7 Å². The van der Waals surface area contributed by atoms with Crippen LogP contribution in [-0.4, -0.2) is 16.8 Å². The van der Waals surface area contributed by atoms with Crippen LogP contribution < -0.4 is 10.8 Å². The van der Waals surface area contributed by atoms with Gasteiger partial charge in [0.2, 0.25) is 6.16 Å². The Kier molecular flexibility index (Phi) is 14.8. The maximum atomic E-state index is 8.44. The molecule has 0 spiro atoms. The lowest BCUT2D eigenvalue weighted by Crippen LogP contribution is -2.72. The van der Waals surface area contributed by atoms with Crippen LogP contribution in [0.4, 0.5) is 4.79 Å². The zero-order chi connectivity index (χ0) is 15.1. The molecule has 0 heterocycles. The summed E-state index contributed by atoms with van der Waals surface area (Å²) in [4.78, 5) is 8.44. The smallest absolute Gasteiger partial charge is 0.249 e. The molecule has 0 aliphatic heterocycles. The van der Waals surface area contributed by atoms with Gasteiger partial charge in [-0.2, -0.15) is 0 Å². The van der Waals surface area contributed by atoms with Gasteiger partial charge in [-0.25, -0.2) is 0 Å². The summed E-state index contributed by atoms with van der Waals surface area (Å²) in [6.45, 7) is 6.85. The van der Waals surface area contributed by atoms with Crippen molar-refractivity contribution in [2.75, 3.05) is 0 Å². The minimum atomic E-state index is -2.08. The van der Waals surface area contributed by atoms with Gasteiger partial charge in [0, 0.05) is 19.3 Å². The zero-order valence-electron chi connectivity index (χ0n) is 13.0. The Morgan fingerprint density at radius 1 is 0.947 bits per heavy atom. The van der Waals surface area contributed by atoms with E-state index in [2.05, 4.69) is 26.5 Å². The largest absolute Gasteiger partial charge is 0.565 e. The van der Waals surface area contributed by atoms with E-state index in [0.717, 1.165) is 0 Å². The predicted molar refractivity (Wildman–Crippen MR) is 76.8 cm³/mol. The quantitative estimate of drug-likeness (QED) is 0.601. The summed E-state index contributed by atoms with van der Waals surface area (Å²) in [6.07, 6.45) is 11.4. The van der Waals surface area contributed by atoms with Crippen molar-refractivity contribution in [1.29, 1.82) is 0 Å². The third-order valence-electron chi connectivity index (χ3n) is 3.43. The highest BCUT2D eigenvalue weighted by Crippen LogP contribution is 2.23. The molecule has 0 aromatic carbocycles. The van der Waals surface area contributed by atoms with Crippen molar-refractivity contribution in [2.24, 2.45) is 0 Å². The summed E-state index contributed by atoms with van der Waals surface area (Å²) in [5.74, 6) is 0. The van der Waals surface area contributed by atoms with Gasteiger partial charge in [0.15, 0.2) is 0 Å². The molecule has 19 heavy (non-hydrogen) atoms. The Hall–Kier alpha value is -0.770. The maximum absolute atomic E-state index is 8.44. The van der Waals surface area contributed by atoms with Crippen molar-refractivity contribution in [3.8, 4) is 0 Å². The van der Waals surface area contributed by atoms with Crippen molar-refractivity contribution in [1.82, 2.24) is 0 Å². The van der Waals surface area contributed by atoms with Crippen LogP contribution >= 0.6 is 0 Å². The summed E-state index contributed by atoms with van der Waals surface area (Å²) < 4.78 is 0. The molecule has 0 aromatic heterocycles. The molecule has 0 unspecified atom stereocenters. The molecule has 0 aromatic rings. The molecule has 116 valence electrons. The fourth-order valence-electron chi connectivity index (χ4n) is 2.23. The minimum Gasteiger partial charge on any atom is -0.565 e. The number of quaternary nitrogens is 1. The molecular weight excluding hydrogens is 242 g/mol. The highest BCUT2D eigenvalue weighted by atomic mass is 16.6. The number of hydrogen-bond donors (Lipinski definition) is 2. The predicted octanol–water partition coefficient (Wildman–Crippen LogP) is 2.82. The SMILES string of the molecule is CCCCCC([NH3+])(CCCC)CCCC.O=C([O-])O. The summed E-state index contributed by atoms with van der Waals surface area (Å²) in [7, 11) is 0. The van der Waals surface area contributed by atoms with Gasteiger partial charge in [0.1, 0.15) is 0 Å². The molecule has 4 heteroatoms. The van der Waals surface area contributed by atoms with Crippen LogP contribution in [0, 0.1) is 0 Å². The van der Waals surface area contributed by atoms with Crippen molar-refractivity contribution in [3.05, 3.63) is 0 Å². The van der Waals surface area contributed by atoms with E-state index in [4.69, 9.17) is 15.0 Å². The summed E-state index contributed by atoms with van der Waals surface area (Å²) in [5.41, 5.74) is 4.92. The average Bonchev–Trinajstić information content (AvgIpc) is 2.34. The highest BCUT2D eigenvalue weighted by molar-refractivity contribution is 5.50. The first-order valence-electron chi connectivity index (χ1n) is 7.67. The Labute approximate surface area is 118 Å². The zero-order valence-corrected chi connectivity index (χ0v) is 13.0. The molecule has 0 fully saturated rings. The van der Waals surface area contributed by atoms with Crippen molar-refractivity contribution >= 4 is 6.16 Å². The molecule has 4 nitrogen and oxygen atoms in total. The highest BCUT2D eigenvalue weighted by Gasteiger charge is 2.26. The van der Waals surface area contributed by atoms with Gasteiger partial charge in [-0.05, 0) is 19.3 Å². The monoisotopic (exact) mass is 275 g/mol. The van der Waals surface area contributed by atoms with E-state index in [1.165, 1.54) is 64.2 Å². The van der Waals surface area contributed by atoms with Crippen molar-refractivity contribution < 1.29 is 20.7 Å². The molecule has 0 saturated carbocycles. The average molecular weight is 275 g/mol. The van der Waals surface area contributed by atoms with Gasteiger partial charge in [-0.3, -0.25) is 0 Å². The Morgan fingerprint density at radius 3 is 1.58 bits per heavy atom. The summed E-state index contributed by atoms with van der Waals surface area (Å²) in [6, 6.07) is 0. The van der Waals surface area contributed by atoms with E-state index in [1.54, 1.807) is 0 Å². The lowest BCUT2D eigenvalue weighted by atomic mass is 9.83. The van der Waals surface area contributed by atoms with E-state index >= 15 is 0 Å². The number of carbonyl (C=O) groups is 1. The first kappa shape index (κ1) is 20.5. The molecule has 0 atom stereocenters. The molecule has 0 aliphatic carbocycles. The first-order valence-corrected chi connectivity index (χ1v) is 7.67. The summed E-state index contributed by atoms with van der Waals surface area (Å²) >= 11 is 0. The van der Waals surface area contributed by atoms with E-state index in [9.17, 15) is 0 Å². The first-order chi connectivity index (χ1) is 8.91. The molecule has 0 saturated heterocycles. The topological polar surface area (TPSA) is 88.0 Å². The Balaban J connectivity index is 0. The molecule has 4 N–H and O–H groups in total. The molecule has 0 rings (SSSR count). The van der Waals surface area contributed by atoms with E-state index in [1.807, 2.05) is 0 Å². The maximum Gasteiger partial charge on any atom is 0.249 e. The van der Waals surface area contributed by atoms with Gasteiger partial charge in [0.25, 0.3) is 0 Å². The van der Waals surface area contributed by atoms with Gasteiger partial charge >= 0.3 is 0 Å². The molecular formula is C15H33NO3. The number of hydrogen-bond acceptors (Lipinski definition) is 2. The second-order valence-corrected chi connectivity index (χ2v) is 5.43. The molecule has 0 bridgehead atoms. The van der Waals surface area contributed by atoms with Crippen molar-refractivity contribution in [3.63, 3.8) is 0 Å². The third kappa shape index (κ3) is 17.2. The Morgan fingerprint density at radius 2 is 1.26 bits per heavy atom.